The summed E-state index contributed by atoms with van der Waals surface area (Å²) < 4.78 is 0.833. The van der Waals surface area contributed by atoms with Crippen molar-refractivity contribution < 1.29 is 14.7 Å². The van der Waals surface area contributed by atoms with Gasteiger partial charge in [-0.1, -0.05) is 64.5 Å². The highest BCUT2D eigenvalue weighted by molar-refractivity contribution is 9.10. The Morgan fingerprint density at radius 3 is 2.24 bits per heavy atom. The Bertz CT molecular complexity index is 1150. The highest BCUT2D eigenvalue weighted by Gasteiger charge is 2.33. The average Bonchev–Trinajstić information content (AvgIpc) is 3.05. The molecule has 4 rings (SSSR count). The summed E-state index contributed by atoms with van der Waals surface area (Å²) in [6, 6.07) is 23.2. The lowest BCUT2D eigenvalue weighted by molar-refractivity contribution is -0.113. The molecule has 1 N–H and O–H groups in total. The van der Waals surface area contributed by atoms with E-state index < -0.39 is 5.97 Å². The summed E-state index contributed by atoms with van der Waals surface area (Å²) in [7, 11) is 0. The van der Waals surface area contributed by atoms with Gasteiger partial charge in [0, 0.05) is 10.0 Å². The standard InChI is InChI=1S/C23H15BrN2O3/c24-19-9-5-4-8-18(19)21-25-20(14-15-10-12-16(13-11-15)23(28)29)22(27)26(21)17-6-2-1-3-7-17/h1-14H,(H,28,29)/b20-14+. The van der Waals surface area contributed by atoms with Crippen LogP contribution < -0.4 is 4.90 Å². The Hall–Kier alpha value is -3.51. The van der Waals surface area contributed by atoms with Crippen LogP contribution in [-0.4, -0.2) is 22.8 Å². The molecule has 1 aliphatic heterocycles. The van der Waals surface area contributed by atoms with Gasteiger partial charge in [0.25, 0.3) is 5.91 Å². The first kappa shape index (κ1) is 18.8. The number of para-hydroxylation sites is 1. The predicted octanol–water partition coefficient (Wildman–Crippen LogP) is 4.98. The molecular formula is C23H15BrN2O3. The summed E-state index contributed by atoms with van der Waals surface area (Å²) >= 11 is 3.54. The molecule has 0 saturated carbocycles. The van der Waals surface area contributed by atoms with Gasteiger partial charge in [-0.2, -0.15) is 0 Å². The Balaban J connectivity index is 1.80. The number of carbonyl (C=O) groups is 2. The van der Waals surface area contributed by atoms with E-state index in [1.807, 2.05) is 54.6 Å². The number of carboxylic acids is 1. The summed E-state index contributed by atoms with van der Waals surface area (Å²) in [5, 5.41) is 9.05. The number of benzene rings is 3. The third-order valence-electron chi connectivity index (χ3n) is 4.45. The second kappa shape index (κ2) is 7.85. The van der Waals surface area contributed by atoms with Gasteiger partial charge in [-0.15, -0.1) is 0 Å². The van der Waals surface area contributed by atoms with Gasteiger partial charge in [-0.05, 0) is 42.0 Å². The zero-order valence-corrected chi connectivity index (χ0v) is 16.7. The molecule has 29 heavy (non-hydrogen) atoms. The predicted molar refractivity (Wildman–Crippen MR) is 116 cm³/mol. The van der Waals surface area contributed by atoms with E-state index in [0.717, 1.165) is 15.7 Å². The molecule has 0 atom stereocenters. The second-order valence-electron chi connectivity index (χ2n) is 6.35. The van der Waals surface area contributed by atoms with Gasteiger partial charge in [0.1, 0.15) is 11.5 Å². The molecule has 3 aromatic rings. The van der Waals surface area contributed by atoms with Gasteiger partial charge in [0.05, 0.1) is 11.3 Å². The first-order chi connectivity index (χ1) is 14.0. The first-order valence-electron chi connectivity index (χ1n) is 8.83. The number of rotatable bonds is 4. The molecule has 1 heterocycles. The van der Waals surface area contributed by atoms with Gasteiger partial charge in [0.15, 0.2) is 0 Å². The number of anilines is 1. The molecule has 0 fully saturated rings. The molecule has 1 aliphatic rings. The third kappa shape index (κ3) is 3.75. The molecule has 3 aromatic carbocycles. The van der Waals surface area contributed by atoms with Crippen molar-refractivity contribution in [2.75, 3.05) is 4.90 Å². The van der Waals surface area contributed by atoms with E-state index in [9.17, 15) is 9.59 Å². The fraction of sp³-hybridized carbons (Fsp3) is 0. The summed E-state index contributed by atoms with van der Waals surface area (Å²) in [5.74, 6) is -0.711. The van der Waals surface area contributed by atoms with E-state index in [0.29, 0.717) is 11.4 Å². The Labute approximate surface area is 175 Å². The van der Waals surface area contributed by atoms with Crippen molar-refractivity contribution >= 4 is 45.4 Å². The molecule has 0 bridgehead atoms. The third-order valence-corrected chi connectivity index (χ3v) is 5.14. The minimum Gasteiger partial charge on any atom is -0.478 e. The number of carbonyl (C=O) groups excluding carboxylic acids is 1. The SMILES string of the molecule is O=C(O)c1ccc(/C=C2/N=C(c3ccccc3Br)N(c3ccccc3)C2=O)cc1. The molecule has 6 heteroatoms. The van der Waals surface area contributed by atoms with Gasteiger partial charge >= 0.3 is 5.97 Å². The molecule has 142 valence electrons. The van der Waals surface area contributed by atoms with Gasteiger partial charge in [-0.3, -0.25) is 9.69 Å². The minimum atomic E-state index is -0.995. The summed E-state index contributed by atoms with van der Waals surface area (Å²) in [6.07, 6.45) is 1.66. The van der Waals surface area contributed by atoms with Crippen molar-refractivity contribution in [2.45, 2.75) is 0 Å². The van der Waals surface area contributed by atoms with Crippen molar-refractivity contribution in [3.63, 3.8) is 0 Å². The molecule has 0 saturated heterocycles. The van der Waals surface area contributed by atoms with E-state index in [1.165, 1.54) is 12.1 Å². The number of carboxylic acid groups (broad SMARTS) is 1. The number of halogens is 1. The van der Waals surface area contributed by atoms with Crippen molar-refractivity contribution in [3.05, 3.63) is 106 Å². The van der Waals surface area contributed by atoms with Gasteiger partial charge in [-0.25, -0.2) is 9.79 Å². The number of aliphatic imine (C=N–C) groups is 1. The Morgan fingerprint density at radius 2 is 1.59 bits per heavy atom. The van der Waals surface area contributed by atoms with Crippen LogP contribution in [0.1, 0.15) is 21.5 Å². The fourth-order valence-corrected chi connectivity index (χ4v) is 3.50. The monoisotopic (exact) mass is 446 g/mol. The maximum Gasteiger partial charge on any atom is 0.335 e. The van der Waals surface area contributed by atoms with Crippen molar-refractivity contribution in [1.29, 1.82) is 0 Å². The molecule has 0 aromatic heterocycles. The topological polar surface area (TPSA) is 70.0 Å². The number of hydrogen-bond acceptors (Lipinski definition) is 3. The van der Waals surface area contributed by atoms with Crippen LogP contribution in [0.2, 0.25) is 0 Å². The van der Waals surface area contributed by atoms with Crippen LogP contribution in [0.4, 0.5) is 5.69 Å². The lowest BCUT2D eigenvalue weighted by Crippen LogP contribution is -2.32. The Kier molecular flexibility index (Phi) is 5.10. The molecule has 5 nitrogen and oxygen atoms in total. The van der Waals surface area contributed by atoms with Gasteiger partial charge < -0.3 is 5.11 Å². The largest absolute Gasteiger partial charge is 0.478 e. The van der Waals surface area contributed by atoms with Crippen molar-refractivity contribution in [2.24, 2.45) is 4.99 Å². The van der Waals surface area contributed by atoms with Crippen LogP contribution in [0.25, 0.3) is 6.08 Å². The van der Waals surface area contributed by atoms with Gasteiger partial charge in [0.2, 0.25) is 0 Å². The van der Waals surface area contributed by atoms with Crippen LogP contribution in [-0.2, 0) is 4.79 Å². The van der Waals surface area contributed by atoms with E-state index in [-0.39, 0.29) is 17.2 Å². The smallest absolute Gasteiger partial charge is 0.335 e. The zero-order chi connectivity index (χ0) is 20.4. The van der Waals surface area contributed by atoms with Crippen LogP contribution in [0.5, 0.6) is 0 Å². The number of aromatic carboxylic acids is 1. The average molecular weight is 447 g/mol. The number of amidine groups is 1. The molecule has 1 amide bonds. The molecule has 0 radical (unpaired) electrons. The zero-order valence-electron chi connectivity index (χ0n) is 15.1. The van der Waals surface area contributed by atoms with E-state index in [4.69, 9.17) is 5.11 Å². The summed E-state index contributed by atoms with van der Waals surface area (Å²) in [6.45, 7) is 0. The highest BCUT2D eigenvalue weighted by atomic mass is 79.9. The van der Waals surface area contributed by atoms with Crippen LogP contribution in [0, 0.1) is 0 Å². The van der Waals surface area contributed by atoms with Crippen molar-refractivity contribution in [3.8, 4) is 0 Å². The summed E-state index contributed by atoms with van der Waals surface area (Å²) in [5.41, 5.74) is 2.69. The highest BCUT2D eigenvalue weighted by Crippen LogP contribution is 2.30. The van der Waals surface area contributed by atoms with Crippen molar-refractivity contribution in [1.82, 2.24) is 0 Å². The van der Waals surface area contributed by atoms with E-state index in [2.05, 4.69) is 20.9 Å². The number of amides is 1. The quantitative estimate of drug-likeness (QED) is 0.574. The molecule has 0 spiro atoms. The Morgan fingerprint density at radius 1 is 0.931 bits per heavy atom. The number of nitrogens with zero attached hydrogens (tertiary/aromatic N) is 2. The van der Waals surface area contributed by atoms with Crippen LogP contribution >= 0.6 is 15.9 Å². The lowest BCUT2D eigenvalue weighted by atomic mass is 10.1. The maximum absolute atomic E-state index is 13.2. The second-order valence-corrected chi connectivity index (χ2v) is 7.20. The first-order valence-corrected chi connectivity index (χ1v) is 9.62. The van der Waals surface area contributed by atoms with E-state index in [1.54, 1.807) is 23.1 Å². The van der Waals surface area contributed by atoms with Crippen LogP contribution in [0.15, 0.2) is 94.0 Å². The fourth-order valence-electron chi connectivity index (χ4n) is 3.04. The van der Waals surface area contributed by atoms with E-state index >= 15 is 0 Å². The minimum absolute atomic E-state index is 0.188. The maximum atomic E-state index is 13.2. The lowest BCUT2D eigenvalue weighted by Gasteiger charge is -2.19. The normalized spacial score (nSPS) is 14.9. The molecule has 0 aliphatic carbocycles. The summed E-state index contributed by atoms with van der Waals surface area (Å²) in [4.78, 5) is 30.5. The molecule has 0 unspecified atom stereocenters. The van der Waals surface area contributed by atoms with Crippen LogP contribution in [0.3, 0.4) is 0 Å². The molecular weight excluding hydrogens is 432 g/mol. The number of hydrogen-bond donors (Lipinski definition) is 1.